The first-order valence-electron chi connectivity index (χ1n) is 2.12. The van der Waals surface area contributed by atoms with E-state index in [4.69, 9.17) is 5.14 Å². The topological polar surface area (TPSA) is 72.5 Å². The Morgan fingerprint density at radius 2 is 2.22 bits per heavy atom. The van der Waals surface area contributed by atoms with E-state index in [0.717, 1.165) is 0 Å². The summed E-state index contributed by atoms with van der Waals surface area (Å²) in [5, 5.41) is 6.29. The van der Waals surface area contributed by atoms with Gasteiger partial charge in [0.2, 0.25) is 0 Å². The van der Waals surface area contributed by atoms with E-state index < -0.39 is 19.0 Å². The van der Waals surface area contributed by atoms with Crippen LogP contribution in [-0.4, -0.2) is 14.0 Å². The van der Waals surface area contributed by atoms with Crippen LogP contribution in [0.4, 0.5) is 0 Å². The minimum Gasteiger partial charge on any atom is -0.258 e. The van der Waals surface area contributed by atoms with Crippen LogP contribution in [0.3, 0.4) is 0 Å². The third kappa shape index (κ3) is 1.54. The summed E-state index contributed by atoms with van der Waals surface area (Å²) in [5.74, 6) is 0. The molecule has 0 aromatic carbocycles. The third-order valence-corrected chi connectivity index (χ3v) is 4.56. The lowest BCUT2D eigenvalue weighted by Gasteiger charge is -2.01. The number of hydrogen-bond donors (Lipinski definition) is 2. The lowest BCUT2D eigenvalue weighted by atomic mass is 11.1. The third-order valence-electron chi connectivity index (χ3n) is 0.774. The molecule has 1 aliphatic heterocycles. The molecule has 0 saturated heterocycles. The van der Waals surface area contributed by atoms with Crippen molar-refractivity contribution in [2.75, 3.05) is 0 Å². The molecular formula is C3H6N2O2S2. The van der Waals surface area contributed by atoms with Gasteiger partial charge in [0.05, 0.1) is 5.55 Å². The molecule has 1 rings (SSSR count). The van der Waals surface area contributed by atoms with Gasteiger partial charge < -0.3 is 0 Å². The summed E-state index contributed by atoms with van der Waals surface area (Å²) in [6.07, 6.45) is 1.44. The Balaban J connectivity index is 2.90. The molecule has 0 amide bonds. The maximum atomic E-state index is 10.5. The molecule has 1 unspecified atom stereocenters. The van der Waals surface area contributed by atoms with Gasteiger partial charge in [-0.1, -0.05) is 9.93 Å². The van der Waals surface area contributed by atoms with E-state index in [1.807, 2.05) is 0 Å². The molecule has 0 spiro atoms. The van der Waals surface area contributed by atoms with Crippen LogP contribution in [0.1, 0.15) is 0 Å². The van der Waals surface area contributed by atoms with Gasteiger partial charge in [0.15, 0.2) is 0 Å². The highest BCUT2D eigenvalue weighted by Crippen LogP contribution is 2.31. The molecule has 1 aliphatic rings. The Morgan fingerprint density at radius 3 is 2.44 bits per heavy atom. The maximum absolute atomic E-state index is 10.5. The smallest absolute Gasteiger partial charge is 0.250 e. The fourth-order valence-electron chi connectivity index (χ4n) is 0.397. The first kappa shape index (κ1) is 6.79. The number of hydrogen-bond acceptors (Lipinski definition) is 3. The minimum atomic E-state index is -3.37. The quantitative estimate of drug-likeness (QED) is 0.415. The van der Waals surface area contributed by atoms with Crippen LogP contribution >= 0.6 is 9.93 Å². The van der Waals surface area contributed by atoms with Crippen LogP contribution in [0.15, 0.2) is 16.6 Å². The SMILES string of the molecule is NS(=O)(=O)[SH]1C=CN=C1. The van der Waals surface area contributed by atoms with Crippen molar-refractivity contribution in [3.8, 4) is 0 Å². The zero-order valence-corrected chi connectivity index (χ0v) is 6.14. The second-order valence-corrected chi connectivity index (χ2v) is 6.51. The van der Waals surface area contributed by atoms with Crippen molar-refractivity contribution < 1.29 is 8.42 Å². The molecule has 1 heterocycles. The van der Waals surface area contributed by atoms with Crippen molar-refractivity contribution in [1.82, 2.24) is 0 Å². The average molecular weight is 166 g/mol. The van der Waals surface area contributed by atoms with Crippen LogP contribution < -0.4 is 5.14 Å². The van der Waals surface area contributed by atoms with Crippen LogP contribution in [0.5, 0.6) is 0 Å². The molecule has 2 N–H and O–H groups in total. The van der Waals surface area contributed by atoms with Crippen LogP contribution in [0, 0.1) is 0 Å². The molecule has 52 valence electrons. The van der Waals surface area contributed by atoms with E-state index in [9.17, 15) is 8.42 Å². The van der Waals surface area contributed by atoms with Crippen LogP contribution in [0.2, 0.25) is 0 Å². The monoisotopic (exact) mass is 166 g/mol. The lowest BCUT2D eigenvalue weighted by Crippen LogP contribution is -2.10. The Kier molecular flexibility index (Phi) is 1.60. The summed E-state index contributed by atoms with van der Waals surface area (Å²) >= 11 is 0. The zero-order valence-electron chi connectivity index (χ0n) is 4.43. The highest BCUT2D eigenvalue weighted by atomic mass is 33.2. The summed E-state index contributed by atoms with van der Waals surface area (Å²) < 4.78 is 21.0. The van der Waals surface area contributed by atoms with Gasteiger partial charge in [-0.15, -0.1) is 0 Å². The minimum absolute atomic E-state index is 1.31. The molecule has 0 radical (unpaired) electrons. The lowest BCUT2D eigenvalue weighted by molar-refractivity contribution is 0.612. The van der Waals surface area contributed by atoms with Crippen molar-refractivity contribution in [2.45, 2.75) is 0 Å². The summed E-state index contributed by atoms with van der Waals surface area (Å²) in [4.78, 5) is 3.60. The molecule has 4 nitrogen and oxygen atoms in total. The Labute approximate surface area is 55.3 Å². The van der Waals surface area contributed by atoms with Crippen molar-refractivity contribution >= 4 is 24.5 Å². The van der Waals surface area contributed by atoms with E-state index in [2.05, 4.69) is 4.99 Å². The summed E-state index contributed by atoms with van der Waals surface area (Å²) in [6, 6.07) is 0. The molecule has 9 heavy (non-hydrogen) atoms. The molecule has 1 atom stereocenters. The van der Waals surface area contributed by atoms with E-state index in [0.29, 0.717) is 0 Å². The Bertz CT molecular complexity index is 241. The van der Waals surface area contributed by atoms with Gasteiger partial charge in [0.1, 0.15) is 0 Å². The number of rotatable bonds is 1. The molecule has 0 bridgehead atoms. The zero-order chi connectivity index (χ0) is 6.91. The first-order valence-corrected chi connectivity index (χ1v) is 5.75. The van der Waals surface area contributed by atoms with Crippen molar-refractivity contribution in [1.29, 1.82) is 0 Å². The molecule has 6 heteroatoms. The van der Waals surface area contributed by atoms with E-state index in [1.165, 1.54) is 17.2 Å². The molecule has 0 aliphatic carbocycles. The van der Waals surface area contributed by atoms with Gasteiger partial charge in [0.25, 0.3) is 9.06 Å². The number of aliphatic imine (C=N–C) groups is 1. The van der Waals surface area contributed by atoms with E-state index >= 15 is 0 Å². The Morgan fingerprint density at radius 1 is 1.56 bits per heavy atom. The van der Waals surface area contributed by atoms with E-state index in [-0.39, 0.29) is 0 Å². The second kappa shape index (κ2) is 2.13. The number of nitrogens with two attached hydrogens (primary N) is 1. The summed E-state index contributed by atoms with van der Waals surface area (Å²) in [5.41, 5.74) is 1.35. The summed E-state index contributed by atoms with van der Waals surface area (Å²) in [6.45, 7) is 0. The fourth-order valence-corrected chi connectivity index (χ4v) is 2.42. The first-order chi connectivity index (χ1) is 4.11. The molecular weight excluding hydrogens is 160 g/mol. The van der Waals surface area contributed by atoms with Gasteiger partial charge in [-0.2, -0.15) is 0 Å². The van der Waals surface area contributed by atoms with Gasteiger partial charge in [-0.05, 0) is 5.41 Å². The Hall–Kier alpha value is -0.330. The van der Waals surface area contributed by atoms with Gasteiger partial charge in [-0.3, -0.25) is 4.99 Å². The highest BCUT2D eigenvalue weighted by Gasteiger charge is 2.12. The predicted octanol–water partition coefficient (Wildman–Crippen LogP) is -0.296. The highest BCUT2D eigenvalue weighted by molar-refractivity contribution is 8.87. The second-order valence-electron chi connectivity index (χ2n) is 1.44. The van der Waals surface area contributed by atoms with Gasteiger partial charge in [0, 0.05) is 6.20 Å². The number of nitrogens with zero attached hydrogens (tertiary/aromatic N) is 1. The maximum Gasteiger partial charge on any atom is 0.250 e. The standard InChI is InChI=1S/C3H6N2O2S2/c4-9(6,7)8-2-1-5-3-8/h1-3,8H,(H2,4,6,7). The normalized spacial score (nSPS) is 29.2. The van der Waals surface area contributed by atoms with Crippen molar-refractivity contribution in [3.05, 3.63) is 11.6 Å². The van der Waals surface area contributed by atoms with Crippen LogP contribution in [-0.2, 0) is 9.06 Å². The predicted molar refractivity (Wildman–Crippen MR) is 39.7 cm³/mol. The number of thiol groups is 1. The van der Waals surface area contributed by atoms with Crippen molar-refractivity contribution in [3.63, 3.8) is 0 Å². The molecule has 0 fully saturated rings. The van der Waals surface area contributed by atoms with Crippen LogP contribution in [0.25, 0.3) is 0 Å². The molecule has 0 saturated carbocycles. The average Bonchev–Trinajstić information content (AvgIpc) is 2.08. The van der Waals surface area contributed by atoms with Gasteiger partial charge in [-0.25, -0.2) is 13.6 Å². The molecule has 0 aromatic rings. The van der Waals surface area contributed by atoms with Crippen molar-refractivity contribution in [2.24, 2.45) is 10.1 Å². The fraction of sp³-hybridized carbons (Fsp3) is 0. The van der Waals surface area contributed by atoms with E-state index in [1.54, 1.807) is 0 Å². The summed E-state index contributed by atoms with van der Waals surface area (Å²) in [7, 11) is -4.68. The largest absolute Gasteiger partial charge is 0.258 e. The van der Waals surface area contributed by atoms with Gasteiger partial charge >= 0.3 is 0 Å². The molecule has 0 aromatic heterocycles.